The standard InChI is InChI=1S/C17H16N2O/c1-10-6-5-9-12-13(10)16(18)15(17(19)20)14(12)11-7-3-2-4-8-11/h2-9,14H,18H2,1H3,(H2,19,20). The van der Waals surface area contributed by atoms with E-state index in [0.29, 0.717) is 11.3 Å². The molecule has 2 aromatic carbocycles. The number of amides is 1. The van der Waals surface area contributed by atoms with Gasteiger partial charge in [-0.15, -0.1) is 0 Å². The molecular weight excluding hydrogens is 248 g/mol. The minimum atomic E-state index is -0.452. The lowest BCUT2D eigenvalue weighted by Gasteiger charge is -2.15. The molecule has 100 valence electrons. The summed E-state index contributed by atoms with van der Waals surface area (Å²) >= 11 is 0. The first-order chi connectivity index (χ1) is 9.61. The van der Waals surface area contributed by atoms with Crippen molar-refractivity contribution in [2.75, 3.05) is 0 Å². The van der Waals surface area contributed by atoms with Gasteiger partial charge in [0.2, 0.25) is 5.91 Å². The van der Waals surface area contributed by atoms with Crippen molar-refractivity contribution in [1.29, 1.82) is 0 Å². The van der Waals surface area contributed by atoms with Gasteiger partial charge in [-0.05, 0) is 23.6 Å². The van der Waals surface area contributed by atoms with Crippen molar-refractivity contribution in [1.82, 2.24) is 0 Å². The van der Waals surface area contributed by atoms with E-state index in [4.69, 9.17) is 11.5 Å². The Morgan fingerprint density at radius 3 is 2.40 bits per heavy atom. The molecule has 0 bridgehead atoms. The minimum Gasteiger partial charge on any atom is -0.398 e. The largest absolute Gasteiger partial charge is 0.398 e. The van der Waals surface area contributed by atoms with Gasteiger partial charge >= 0.3 is 0 Å². The SMILES string of the molecule is Cc1cccc2c1C(N)=C(C(N)=O)C2c1ccccc1. The van der Waals surface area contributed by atoms with Crippen LogP contribution < -0.4 is 11.5 Å². The van der Waals surface area contributed by atoms with Crippen molar-refractivity contribution in [2.24, 2.45) is 11.5 Å². The number of carbonyl (C=O) groups is 1. The Labute approximate surface area is 117 Å². The van der Waals surface area contributed by atoms with Gasteiger partial charge in [0.15, 0.2) is 0 Å². The van der Waals surface area contributed by atoms with Gasteiger partial charge in [0, 0.05) is 17.2 Å². The average molecular weight is 264 g/mol. The highest BCUT2D eigenvalue weighted by Gasteiger charge is 2.34. The Morgan fingerprint density at radius 1 is 1.05 bits per heavy atom. The molecule has 1 atom stereocenters. The maximum absolute atomic E-state index is 11.9. The van der Waals surface area contributed by atoms with Gasteiger partial charge in [-0.3, -0.25) is 4.79 Å². The minimum absolute atomic E-state index is 0.163. The molecular formula is C17H16N2O. The molecule has 0 spiro atoms. The molecule has 3 heteroatoms. The third kappa shape index (κ3) is 1.71. The van der Waals surface area contributed by atoms with E-state index >= 15 is 0 Å². The molecule has 0 saturated carbocycles. The number of hydrogen-bond acceptors (Lipinski definition) is 2. The smallest absolute Gasteiger partial charge is 0.247 e. The summed E-state index contributed by atoms with van der Waals surface area (Å²) in [5, 5.41) is 0. The predicted molar refractivity (Wildman–Crippen MR) is 79.8 cm³/mol. The summed E-state index contributed by atoms with van der Waals surface area (Å²) in [5.41, 5.74) is 16.9. The zero-order chi connectivity index (χ0) is 14.3. The van der Waals surface area contributed by atoms with Gasteiger partial charge < -0.3 is 11.5 Å². The topological polar surface area (TPSA) is 69.1 Å². The summed E-state index contributed by atoms with van der Waals surface area (Å²) in [7, 11) is 0. The Bertz CT molecular complexity index is 717. The predicted octanol–water partition coefficient (Wildman–Crippen LogP) is 2.30. The summed E-state index contributed by atoms with van der Waals surface area (Å²) < 4.78 is 0. The Balaban J connectivity index is 2.29. The second-order valence-electron chi connectivity index (χ2n) is 5.07. The Morgan fingerprint density at radius 2 is 1.75 bits per heavy atom. The summed E-state index contributed by atoms with van der Waals surface area (Å²) in [6.45, 7) is 2.00. The molecule has 0 aliphatic heterocycles. The van der Waals surface area contributed by atoms with E-state index in [0.717, 1.165) is 22.3 Å². The van der Waals surface area contributed by atoms with E-state index < -0.39 is 5.91 Å². The summed E-state index contributed by atoms with van der Waals surface area (Å²) in [6, 6.07) is 15.9. The quantitative estimate of drug-likeness (QED) is 0.873. The first kappa shape index (κ1) is 12.5. The summed E-state index contributed by atoms with van der Waals surface area (Å²) in [4.78, 5) is 11.9. The maximum Gasteiger partial charge on any atom is 0.247 e. The fraction of sp³-hybridized carbons (Fsp3) is 0.118. The van der Waals surface area contributed by atoms with Crippen LogP contribution in [0.5, 0.6) is 0 Å². The third-order valence-corrected chi connectivity index (χ3v) is 3.86. The Kier molecular flexibility index (Phi) is 2.83. The lowest BCUT2D eigenvalue weighted by atomic mass is 9.87. The molecule has 1 aliphatic carbocycles. The Hall–Kier alpha value is -2.55. The van der Waals surface area contributed by atoms with Crippen LogP contribution in [-0.4, -0.2) is 5.91 Å². The van der Waals surface area contributed by atoms with Crippen LogP contribution in [0.3, 0.4) is 0 Å². The van der Waals surface area contributed by atoms with E-state index in [9.17, 15) is 4.79 Å². The summed E-state index contributed by atoms with van der Waals surface area (Å²) in [5.74, 6) is -0.615. The number of hydrogen-bond donors (Lipinski definition) is 2. The van der Waals surface area contributed by atoms with Gasteiger partial charge in [0.25, 0.3) is 0 Å². The van der Waals surface area contributed by atoms with Gasteiger partial charge in [-0.25, -0.2) is 0 Å². The van der Waals surface area contributed by atoms with E-state index in [-0.39, 0.29) is 5.92 Å². The molecule has 20 heavy (non-hydrogen) atoms. The highest BCUT2D eigenvalue weighted by molar-refractivity contribution is 6.05. The molecule has 2 aromatic rings. The lowest BCUT2D eigenvalue weighted by Crippen LogP contribution is -2.20. The van der Waals surface area contributed by atoms with Crippen LogP contribution in [0.15, 0.2) is 54.1 Å². The molecule has 0 aromatic heterocycles. The molecule has 4 N–H and O–H groups in total. The number of carbonyl (C=O) groups excluding carboxylic acids is 1. The maximum atomic E-state index is 11.9. The second-order valence-corrected chi connectivity index (χ2v) is 5.07. The average Bonchev–Trinajstić information content (AvgIpc) is 2.74. The second kappa shape index (κ2) is 4.53. The number of primary amides is 1. The van der Waals surface area contributed by atoms with Crippen molar-refractivity contribution in [3.8, 4) is 0 Å². The lowest BCUT2D eigenvalue weighted by molar-refractivity contribution is -0.114. The summed E-state index contributed by atoms with van der Waals surface area (Å²) in [6.07, 6.45) is 0. The molecule has 1 unspecified atom stereocenters. The number of aryl methyl sites for hydroxylation is 1. The van der Waals surface area contributed by atoms with Gasteiger partial charge in [-0.2, -0.15) is 0 Å². The number of fused-ring (bicyclic) bond motifs is 1. The van der Waals surface area contributed by atoms with Gasteiger partial charge in [0.05, 0.1) is 5.57 Å². The number of rotatable bonds is 2. The first-order valence-corrected chi connectivity index (χ1v) is 6.55. The molecule has 0 fully saturated rings. The van der Waals surface area contributed by atoms with Crippen molar-refractivity contribution in [2.45, 2.75) is 12.8 Å². The van der Waals surface area contributed by atoms with Crippen LogP contribution in [0.2, 0.25) is 0 Å². The normalized spacial score (nSPS) is 17.1. The highest BCUT2D eigenvalue weighted by atomic mass is 16.1. The fourth-order valence-corrected chi connectivity index (χ4v) is 3.01. The van der Waals surface area contributed by atoms with Crippen molar-refractivity contribution < 1.29 is 4.79 Å². The van der Waals surface area contributed by atoms with E-state index in [1.165, 1.54) is 0 Å². The van der Waals surface area contributed by atoms with Crippen LogP contribution in [0.25, 0.3) is 5.70 Å². The molecule has 1 amide bonds. The van der Waals surface area contributed by atoms with Crippen LogP contribution in [0.1, 0.15) is 28.2 Å². The first-order valence-electron chi connectivity index (χ1n) is 6.55. The molecule has 1 aliphatic rings. The van der Waals surface area contributed by atoms with Crippen molar-refractivity contribution >= 4 is 11.6 Å². The fourth-order valence-electron chi connectivity index (χ4n) is 3.01. The number of benzene rings is 2. The van der Waals surface area contributed by atoms with Crippen molar-refractivity contribution in [3.05, 3.63) is 76.4 Å². The monoisotopic (exact) mass is 264 g/mol. The molecule has 3 rings (SSSR count). The van der Waals surface area contributed by atoms with Gasteiger partial charge in [-0.1, -0.05) is 48.5 Å². The van der Waals surface area contributed by atoms with E-state index in [2.05, 4.69) is 0 Å². The van der Waals surface area contributed by atoms with Crippen LogP contribution in [-0.2, 0) is 4.79 Å². The zero-order valence-corrected chi connectivity index (χ0v) is 11.3. The molecule has 0 radical (unpaired) electrons. The van der Waals surface area contributed by atoms with Crippen LogP contribution >= 0.6 is 0 Å². The third-order valence-electron chi connectivity index (χ3n) is 3.86. The molecule has 0 saturated heterocycles. The number of nitrogens with two attached hydrogens (primary N) is 2. The van der Waals surface area contributed by atoms with E-state index in [1.54, 1.807) is 0 Å². The highest BCUT2D eigenvalue weighted by Crippen LogP contribution is 2.44. The van der Waals surface area contributed by atoms with Crippen LogP contribution in [0.4, 0.5) is 0 Å². The molecule has 3 nitrogen and oxygen atoms in total. The molecule has 0 heterocycles. The zero-order valence-electron chi connectivity index (χ0n) is 11.3. The van der Waals surface area contributed by atoms with E-state index in [1.807, 2.05) is 55.5 Å². The van der Waals surface area contributed by atoms with Gasteiger partial charge in [0.1, 0.15) is 0 Å². The van der Waals surface area contributed by atoms with Crippen LogP contribution in [0, 0.1) is 6.92 Å². The van der Waals surface area contributed by atoms with Crippen molar-refractivity contribution in [3.63, 3.8) is 0 Å².